The molecule has 0 bridgehead atoms. The molecule has 13 heteroatoms. The minimum atomic E-state index is -4.75. The number of alkyl halides is 3. The Balaban J connectivity index is 1.61. The van der Waals surface area contributed by atoms with Gasteiger partial charge in [-0.2, -0.15) is 18.2 Å². The number of piperazine rings is 1. The quantitative estimate of drug-likeness (QED) is 0.423. The maximum atomic E-state index is 13.7. The molecule has 1 aromatic heterocycles. The molecular formula is C26H31F3N7O2S+. The molecule has 2 heterocycles. The molecule has 0 atom stereocenters. The van der Waals surface area contributed by atoms with E-state index in [2.05, 4.69) is 41.5 Å². The van der Waals surface area contributed by atoms with Crippen LogP contribution in [0.25, 0.3) is 0 Å². The first kappa shape index (κ1) is 28.6. The molecule has 39 heavy (non-hydrogen) atoms. The second kappa shape index (κ2) is 11.0. The van der Waals surface area contributed by atoms with E-state index in [9.17, 15) is 21.6 Å². The van der Waals surface area contributed by atoms with Crippen molar-refractivity contribution in [3.8, 4) is 0 Å². The molecule has 4 rings (SSSR count). The van der Waals surface area contributed by atoms with Gasteiger partial charge < -0.3 is 5.32 Å². The first-order valence-electron chi connectivity index (χ1n) is 12.3. The van der Waals surface area contributed by atoms with Gasteiger partial charge in [-0.25, -0.2) is 27.7 Å². The summed E-state index contributed by atoms with van der Waals surface area (Å²) >= 11 is 0. The van der Waals surface area contributed by atoms with E-state index in [1.807, 2.05) is 12.2 Å². The van der Waals surface area contributed by atoms with Crippen LogP contribution in [0.1, 0.15) is 26.3 Å². The molecule has 0 amide bonds. The molecular weight excluding hydrogens is 531 g/mol. The van der Waals surface area contributed by atoms with Crippen molar-refractivity contribution in [1.82, 2.24) is 19.6 Å². The van der Waals surface area contributed by atoms with Crippen molar-refractivity contribution >= 4 is 38.9 Å². The summed E-state index contributed by atoms with van der Waals surface area (Å²) < 4.78 is 71.4. The molecule has 0 unspecified atom stereocenters. The van der Waals surface area contributed by atoms with E-state index >= 15 is 0 Å². The van der Waals surface area contributed by atoms with Crippen LogP contribution in [-0.4, -0.2) is 78.1 Å². The number of sulfonamides is 1. The molecule has 1 saturated heterocycles. The third-order valence-corrected chi connectivity index (χ3v) is 7.63. The number of benzene rings is 1. The number of hydrogen-bond acceptors (Lipinski definition) is 7. The van der Waals surface area contributed by atoms with E-state index in [-0.39, 0.29) is 16.5 Å². The third-order valence-electron chi connectivity index (χ3n) is 5.88. The van der Waals surface area contributed by atoms with E-state index in [1.165, 1.54) is 24.3 Å². The Hall–Kier alpha value is -3.42. The predicted molar refractivity (Wildman–Crippen MR) is 145 cm³/mol. The number of aliphatic imine (C=N–C) groups is 1. The molecule has 9 nitrogen and oxygen atoms in total. The van der Waals surface area contributed by atoms with Gasteiger partial charge in [-0.15, -0.1) is 0 Å². The fourth-order valence-electron chi connectivity index (χ4n) is 3.99. The summed E-state index contributed by atoms with van der Waals surface area (Å²) in [4.78, 5) is 14.3. The van der Waals surface area contributed by atoms with Crippen LogP contribution in [0.3, 0.4) is 0 Å². The number of hydrogen-bond donors (Lipinski definition) is 2. The topological polar surface area (TPSA) is 103 Å². The molecule has 2 aromatic rings. The number of anilines is 2. The molecule has 2 aliphatic rings. The van der Waals surface area contributed by atoms with E-state index in [0.717, 1.165) is 31.9 Å². The Labute approximate surface area is 225 Å². The monoisotopic (exact) mass is 562 g/mol. The number of allylic oxidation sites excluding steroid dienone is 4. The highest BCUT2D eigenvalue weighted by molar-refractivity contribution is 7.89. The molecule has 0 radical (unpaired) electrons. The first-order chi connectivity index (χ1) is 18.2. The van der Waals surface area contributed by atoms with Crippen LogP contribution in [0.15, 0.2) is 64.7 Å². The van der Waals surface area contributed by atoms with Crippen LogP contribution >= 0.6 is 0 Å². The molecule has 2 N–H and O–H groups in total. The number of rotatable bonds is 5. The zero-order valence-corrected chi connectivity index (χ0v) is 22.9. The maximum absolute atomic E-state index is 13.7. The lowest BCUT2D eigenvalue weighted by atomic mass is 10.1. The molecule has 0 saturated carbocycles. The highest BCUT2D eigenvalue weighted by Crippen LogP contribution is 2.35. The van der Waals surface area contributed by atoms with Gasteiger partial charge in [0.25, 0.3) is 5.95 Å². The summed E-state index contributed by atoms with van der Waals surface area (Å²) in [5, 5.41) is 2.60. The normalized spacial score (nSPS) is 17.1. The van der Waals surface area contributed by atoms with Gasteiger partial charge in [0.1, 0.15) is 11.4 Å². The van der Waals surface area contributed by atoms with Crippen LogP contribution in [0.5, 0.6) is 0 Å². The molecule has 0 spiro atoms. The van der Waals surface area contributed by atoms with E-state index in [1.54, 1.807) is 32.9 Å². The Morgan fingerprint density at radius 2 is 1.72 bits per heavy atom. The number of halogens is 3. The third kappa shape index (κ3) is 7.58. The number of nitrogens with one attached hydrogen (secondary N) is 2. The highest BCUT2D eigenvalue weighted by atomic mass is 32.2. The zero-order valence-electron chi connectivity index (χ0n) is 22.1. The lowest BCUT2D eigenvalue weighted by Gasteiger charge is -2.21. The van der Waals surface area contributed by atoms with Crippen LogP contribution < -0.4 is 10.0 Å². The van der Waals surface area contributed by atoms with Crippen molar-refractivity contribution in [2.24, 2.45) is 4.99 Å². The van der Waals surface area contributed by atoms with Crippen LogP contribution in [-0.2, 0) is 16.2 Å². The fourth-order valence-corrected chi connectivity index (χ4v) is 5.45. The Morgan fingerprint density at radius 3 is 2.33 bits per heavy atom. The average Bonchev–Trinajstić information content (AvgIpc) is 2.83. The molecule has 1 aromatic carbocycles. The molecule has 1 fully saturated rings. The van der Waals surface area contributed by atoms with Crippen molar-refractivity contribution in [2.75, 3.05) is 38.5 Å². The van der Waals surface area contributed by atoms with Gasteiger partial charge in [0.2, 0.25) is 10.0 Å². The largest absolute Gasteiger partial charge is 0.421 e. The lowest BCUT2D eigenvalue weighted by molar-refractivity contribution is -0.537. The van der Waals surface area contributed by atoms with E-state index in [4.69, 9.17) is 0 Å². The maximum Gasteiger partial charge on any atom is 0.421 e. The van der Waals surface area contributed by atoms with Gasteiger partial charge in [-0.3, -0.25) is 4.90 Å². The summed E-state index contributed by atoms with van der Waals surface area (Å²) in [6.07, 6.45) is 3.25. The molecule has 1 aliphatic carbocycles. The minimum absolute atomic E-state index is 0.101. The minimum Gasteiger partial charge on any atom is -0.340 e. The van der Waals surface area contributed by atoms with Crippen LogP contribution in [0, 0.1) is 0 Å². The van der Waals surface area contributed by atoms with E-state index < -0.39 is 33.1 Å². The van der Waals surface area contributed by atoms with E-state index in [0.29, 0.717) is 11.9 Å². The Kier molecular flexibility index (Phi) is 8.05. The smallest absolute Gasteiger partial charge is 0.340 e. The zero-order chi connectivity index (χ0) is 28.4. The van der Waals surface area contributed by atoms with Crippen LogP contribution in [0.4, 0.5) is 30.6 Å². The fraction of sp³-hybridized carbons (Fsp3) is 0.385. The van der Waals surface area contributed by atoms with Crippen molar-refractivity contribution in [1.29, 1.82) is 0 Å². The standard InChI is InChI=1S/C26H31F3N7O2S/c1-25(2,3)34-39(37,38)21-7-5-6-19(16-21)31-23-22(26(27,28)29)17-30-24(33-23)32-18-8-10-20(11-9-18)36-14-12-35(4)13-15-36/h5-11,16-17,34H,12-15H2,1-4H3,(H,30,31,33)/q+1. The first-order valence-corrected chi connectivity index (χ1v) is 13.8. The molecule has 208 valence electrons. The van der Waals surface area contributed by atoms with Crippen molar-refractivity contribution < 1.29 is 26.2 Å². The van der Waals surface area contributed by atoms with Gasteiger partial charge in [-0.1, -0.05) is 6.07 Å². The molecule has 1 aliphatic heterocycles. The Morgan fingerprint density at radius 1 is 1.05 bits per heavy atom. The predicted octanol–water partition coefficient (Wildman–Crippen LogP) is 3.91. The second-order valence-electron chi connectivity index (χ2n) is 10.4. The van der Waals surface area contributed by atoms with Gasteiger partial charge in [0.15, 0.2) is 18.8 Å². The second-order valence-corrected chi connectivity index (χ2v) is 12.0. The highest BCUT2D eigenvalue weighted by Gasteiger charge is 2.35. The summed E-state index contributed by atoms with van der Waals surface area (Å²) in [7, 11) is -1.83. The number of likely N-dealkylation sites (N-methyl/N-ethyl adjacent to an activating group) is 1. The summed E-state index contributed by atoms with van der Waals surface area (Å²) in [6, 6.07) is 5.48. The van der Waals surface area contributed by atoms with Gasteiger partial charge in [-0.05, 0) is 58.2 Å². The van der Waals surface area contributed by atoms with Crippen molar-refractivity contribution in [2.45, 2.75) is 37.4 Å². The van der Waals surface area contributed by atoms with Gasteiger partial charge in [0, 0.05) is 29.6 Å². The SMILES string of the molecule is CN1CC[N+](=C2C=CC(=Nc3ncc(C(F)(F)F)c(Nc4cccc(S(=O)(=O)NC(C)(C)C)c4)n3)C=C2)CC1. The van der Waals surface area contributed by atoms with Gasteiger partial charge >= 0.3 is 6.18 Å². The number of aromatic nitrogens is 2. The van der Waals surface area contributed by atoms with Crippen molar-refractivity contribution in [3.63, 3.8) is 0 Å². The average molecular weight is 563 g/mol. The summed E-state index contributed by atoms with van der Waals surface area (Å²) in [5.74, 6) is -0.709. The lowest BCUT2D eigenvalue weighted by Crippen LogP contribution is -2.41. The van der Waals surface area contributed by atoms with Crippen LogP contribution in [0.2, 0.25) is 0 Å². The van der Waals surface area contributed by atoms with Crippen molar-refractivity contribution in [3.05, 3.63) is 60.3 Å². The summed E-state index contributed by atoms with van der Waals surface area (Å²) in [5.41, 5.74) is -0.211. The Bertz CT molecular complexity index is 1450. The number of nitrogens with zero attached hydrogens (tertiary/aromatic N) is 5. The summed E-state index contributed by atoms with van der Waals surface area (Å²) in [6.45, 7) is 8.79. The van der Waals surface area contributed by atoms with Gasteiger partial charge in [0.05, 0.1) is 23.7 Å².